The van der Waals surface area contributed by atoms with Gasteiger partial charge in [-0.1, -0.05) is 27.7 Å². The lowest BCUT2D eigenvalue weighted by Crippen LogP contribution is -2.40. The SMILES string of the molecule is CCC(CC)N(CC)CC(C)C(=N)N. The standard InChI is InChI=1S/C11H25N3/c1-5-10(6-2)14(7-3)8-9(4)11(12)13/h9-10H,5-8H2,1-4H3,(H3,12,13). The molecule has 0 heterocycles. The average molecular weight is 199 g/mol. The lowest BCUT2D eigenvalue weighted by molar-refractivity contribution is 0.184. The van der Waals surface area contributed by atoms with Crippen molar-refractivity contribution in [2.45, 2.75) is 46.6 Å². The third kappa shape index (κ3) is 4.09. The van der Waals surface area contributed by atoms with Gasteiger partial charge in [0.05, 0.1) is 5.84 Å². The van der Waals surface area contributed by atoms with Crippen LogP contribution < -0.4 is 5.73 Å². The lowest BCUT2D eigenvalue weighted by Gasteiger charge is -2.31. The molecule has 0 aromatic rings. The molecule has 3 nitrogen and oxygen atoms in total. The van der Waals surface area contributed by atoms with E-state index in [1.807, 2.05) is 6.92 Å². The summed E-state index contributed by atoms with van der Waals surface area (Å²) >= 11 is 0. The van der Waals surface area contributed by atoms with E-state index < -0.39 is 0 Å². The zero-order chi connectivity index (χ0) is 11.1. The first-order valence-electron chi connectivity index (χ1n) is 5.64. The van der Waals surface area contributed by atoms with Gasteiger partial charge in [0.2, 0.25) is 0 Å². The quantitative estimate of drug-likeness (QED) is 0.487. The number of nitrogens with zero attached hydrogens (tertiary/aromatic N) is 1. The van der Waals surface area contributed by atoms with E-state index in [-0.39, 0.29) is 5.92 Å². The van der Waals surface area contributed by atoms with Gasteiger partial charge >= 0.3 is 0 Å². The van der Waals surface area contributed by atoms with Crippen LogP contribution in [0, 0.1) is 11.3 Å². The molecule has 3 heteroatoms. The van der Waals surface area contributed by atoms with E-state index in [9.17, 15) is 0 Å². The number of amidine groups is 1. The molecule has 0 aromatic carbocycles. The molecule has 84 valence electrons. The van der Waals surface area contributed by atoms with Crippen molar-refractivity contribution < 1.29 is 0 Å². The predicted octanol–water partition coefficient (Wildman–Crippen LogP) is 2.07. The molecule has 0 saturated carbocycles. The third-order valence-corrected chi connectivity index (χ3v) is 2.90. The number of nitrogens with one attached hydrogen (secondary N) is 1. The Morgan fingerprint density at radius 2 is 1.79 bits per heavy atom. The van der Waals surface area contributed by atoms with E-state index in [1.165, 1.54) is 12.8 Å². The summed E-state index contributed by atoms with van der Waals surface area (Å²) in [7, 11) is 0. The Kier molecular flexibility index (Phi) is 6.54. The normalized spacial score (nSPS) is 13.6. The van der Waals surface area contributed by atoms with E-state index in [2.05, 4.69) is 25.7 Å². The van der Waals surface area contributed by atoms with Gasteiger partial charge in [-0.25, -0.2) is 0 Å². The highest BCUT2D eigenvalue weighted by molar-refractivity contribution is 5.79. The van der Waals surface area contributed by atoms with Crippen LogP contribution in [0.4, 0.5) is 0 Å². The molecule has 0 amide bonds. The molecule has 1 unspecified atom stereocenters. The first-order chi connectivity index (χ1) is 6.56. The number of nitrogens with two attached hydrogens (primary N) is 1. The summed E-state index contributed by atoms with van der Waals surface area (Å²) in [4.78, 5) is 2.42. The average Bonchev–Trinajstić information content (AvgIpc) is 2.17. The molecule has 0 bridgehead atoms. The Hall–Kier alpha value is -0.570. The van der Waals surface area contributed by atoms with Gasteiger partial charge in [0.15, 0.2) is 0 Å². The molecule has 1 atom stereocenters. The Bertz CT molecular complexity index is 164. The minimum Gasteiger partial charge on any atom is -0.387 e. The molecule has 0 aliphatic carbocycles. The Balaban J connectivity index is 4.19. The Morgan fingerprint density at radius 3 is 2.07 bits per heavy atom. The van der Waals surface area contributed by atoms with Crippen molar-refractivity contribution in [3.8, 4) is 0 Å². The highest BCUT2D eigenvalue weighted by atomic mass is 15.1. The minimum atomic E-state index is 0.176. The van der Waals surface area contributed by atoms with E-state index in [0.717, 1.165) is 13.1 Å². The van der Waals surface area contributed by atoms with Gasteiger partial charge in [0.25, 0.3) is 0 Å². The lowest BCUT2D eigenvalue weighted by atomic mass is 10.1. The molecule has 0 spiro atoms. The monoisotopic (exact) mass is 199 g/mol. The fourth-order valence-electron chi connectivity index (χ4n) is 1.79. The van der Waals surface area contributed by atoms with Crippen LogP contribution in [0.1, 0.15) is 40.5 Å². The summed E-state index contributed by atoms with van der Waals surface area (Å²) in [5, 5.41) is 7.38. The van der Waals surface area contributed by atoms with E-state index in [4.69, 9.17) is 11.1 Å². The van der Waals surface area contributed by atoms with Crippen LogP contribution in [-0.4, -0.2) is 29.9 Å². The van der Waals surface area contributed by atoms with Crippen LogP contribution in [0.25, 0.3) is 0 Å². The molecule has 14 heavy (non-hydrogen) atoms. The van der Waals surface area contributed by atoms with Crippen LogP contribution >= 0.6 is 0 Å². The number of hydrogen-bond acceptors (Lipinski definition) is 2. The second-order valence-electron chi connectivity index (χ2n) is 3.91. The zero-order valence-electron chi connectivity index (χ0n) is 10.0. The maximum atomic E-state index is 7.38. The van der Waals surface area contributed by atoms with Gasteiger partial charge in [-0.05, 0) is 19.4 Å². The summed E-state index contributed by atoms with van der Waals surface area (Å²) in [5.41, 5.74) is 5.48. The van der Waals surface area contributed by atoms with Crippen molar-refractivity contribution in [2.75, 3.05) is 13.1 Å². The van der Waals surface area contributed by atoms with Gasteiger partial charge < -0.3 is 5.73 Å². The third-order valence-electron chi connectivity index (χ3n) is 2.90. The summed E-state index contributed by atoms with van der Waals surface area (Å²) in [6.07, 6.45) is 2.35. The van der Waals surface area contributed by atoms with Crippen molar-refractivity contribution >= 4 is 5.84 Å². The number of hydrogen-bond donors (Lipinski definition) is 2. The Labute approximate surface area is 88.2 Å². The van der Waals surface area contributed by atoms with Crippen LogP contribution in [0.2, 0.25) is 0 Å². The molecule has 0 radical (unpaired) electrons. The predicted molar refractivity (Wildman–Crippen MR) is 62.7 cm³/mol. The summed E-state index contributed by atoms with van der Waals surface area (Å²) < 4.78 is 0. The maximum Gasteiger partial charge on any atom is 0.0947 e. The van der Waals surface area contributed by atoms with E-state index in [0.29, 0.717) is 11.9 Å². The van der Waals surface area contributed by atoms with Crippen molar-refractivity contribution in [1.29, 1.82) is 5.41 Å². The fourth-order valence-corrected chi connectivity index (χ4v) is 1.79. The largest absolute Gasteiger partial charge is 0.387 e. The van der Waals surface area contributed by atoms with E-state index in [1.54, 1.807) is 0 Å². The first kappa shape index (κ1) is 13.4. The van der Waals surface area contributed by atoms with Gasteiger partial charge in [0, 0.05) is 18.5 Å². The van der Waals surface area contributed by atoms with Gasteiger partial charge in [0.1, 0.15) is 0 Å². The summed E-state index contributed by atoms with van der Waals surface area (Å²) in [6.45, 7) is 10.6. The highest BCUT2D eigenvalue weighted by Gasteiger charge is 2.16. The minimum absolute atomic E-state index is 0.176. The van der Waals surface area contributed by atoms with Crippen molar-refractivity contribution in [3.05, 3.63) is 0 Å². The maximum absolute atomic E-state index is 7.38. The Morgan fingerprint density at radius 1 is 1.29 bits per heavy atom. The molecular formula is C11H25N3. The smallest absolute Gasteiger partial charge is 0.0947 e. The molecular weight excluding hydrogens is 174 g/mol. The van der Waals surface area contributed by atoms with Crippen LogP contribution in [0.3, 0.4) is 0 Å². The molecule has 0 aromatic heterocycles. The van der Waals surface area contributed by atoms with Gasteiger partial charge in [-0.2, -0.15) is 0 Å². The highest BCUT2D eigenvalue weighted by Crippen LogP contribution is 2.10. The van der Waals surface area contributed by atoms with Gasteiger partial charge in [-0.15, -0.1) is 0 Å². The van der Waals surface area contributed by atoms with Crippen molar-refractivity contribution in [1.82, 2.24) is 4.90 Å². The van der Waals surface area contributed by atoms with Crippen LogP contribution in [0.15, 0.2) is 0 Å². The van der Waals surface area contributed by atoms with Crippen LogP contribution in [-0.2, 0) is 0 Å². The molecule has 0 aliphatic rings. The summed E-state index contributed by atoms with van der Waals surface area (Å²) in [6, 6.07) is 0.641. The van der Waals surface area contributed by atoms with Gasteiger partial charge in [-0.3, -0.25) is 10.3 Å². The summed E-state index contributed by atoms with van der Waals surface area (Å²) in [5.74, 6) is 0.477. The fraction of sp³-hybridized carbons (Fsp3) is 0.909. The molecule has 0 aliphatic heterocycles. The second kappa shape index (κ2) is 6.82. The molecule has 0 fully saturated rings. The molecule has 0 rings (SSSR count). The first-order valence-corrected chi connectivity index (χ1v) is 5.64. The molecule has 0 saturated heterocycles. The molecule has 3 N–H and O–H groups in total. The van der Waals surface area contributed by atoms with Crippen molar-refractivity contribution in [3.63, 3.8) is 0 Å². The van der Waals surface area contributed by atoms with Crippen LogP contribution in [0.5, 0.6) is 0 Å². The zero-order valence-corrected chi connectivity index (χ0v) is 10.0. The second-order valence-corrected chi connectivity index (χ2v) is 3.91. The number of rotatable bonds is 7. The van der Waals surface area contributed by atoms with Crippen molar-refractivity contribution in [2.24, 2.45) is 11.7 Å². The van der Waals surface area contributed by atoms with E-state index >= 15 is 0 Å². The topological polar surface area (TPSA) is 53.1 Å².